The molecule has 0 aromatic heterocycles. The average Bonchev–Trinajstić information content (AvgIpc) is 2.67. The number of carbonyl (C=O) groups is 2. The van der Waals surface area contributed by atoms with E-state index >= 15 is 0 Å². The van der Waals surface area contributed by atoms with Gasteiger partial charge in [0, 0.05) is 18.7 Å². The van der Waals surface area contributed by atoms with Gasteiger partial charge < -0.3 is 25.0 Å². The summed E-state index contributed by atoms with van der Waals surface area (Å²) in [6, 6.07) is 6.43. The van der Waals surface area contributed by atoms with E-state index in [0.29, 0.717) is 24.2 Å². The van der Waals surface area contributed by atoms with Crippen LogP contribution >= 0.6 is 0 Å². The van der Waals surface area contributed by atoms with Crippen molar-refractivity contribution in [3.63, 3.8) is 0 Å². The highest BCUT2D eigenvalue weighted by Gasteiger charge is 2.49. The molecule has 1 aromatic carbocycles. The number of nitrogens with zero attached hydrogens (tertiary/aromatic N) is 1. The summed E-state index contributed by atoms with van der Waals surface area (Å²) >= 11 is 0. The molecule has 0 saturated heterocycles. The zero-order valence-corrected chi connectivity index (χ0v) is 15.1. The number of ketones is 1. The number of aliphatic hydroxyl groups excluding tert-OH is 2. The summed E-state index contributed by atoms with van der Waals surface area (Å²) in [5.74, 6) is -1.17. The van der Waals surface area contributed by atoms with Crippen molar-refractivity contribution in [2.24, 2.45) is 5.92 Å². The number of hydrogen-bond donors (Lipinski definition) is 3. The van der Waals surface area contributed by atoms with Crippen molar-refractivity contribution in [1.29, 1.82) is 0 Å². The van der Waals surface area contributed by atoms with E-state index in [-0.39, 0.29) is 32.7 Å². The number of carbonyl (C=O) groups excluding carboxylic acids is 2. The van der Waals surface area contributed by atoms with E-state index in [1.165, 1.54) is 12.0 Å². The monoisotopic (exact) mass is 365 g/mol. The van der Waals surface area contributed by atoms with E-state index in [4.69, 9.17) is 14.9 Å². The number of amides is 1. The normalized spacial score (nSPS) is 22.7. The van der Waals surface area contributed by atoms with Crippen LogP contribution in [0.3, 0.4) is 0 Å². The van der Waals surface area contributed by atoms with Crippen molar-refractivity contribution in [2.45, 2.75) is 31.3 Å². The maximum atomic E-state index is 13.0. The van der Waals surface area contributed by atoms with Gasteiger partial charge in [-0.15, -0.1) is 0 Å². The number of aliphatic hydroxyl groups is 3. The van der Waals surface area contributed by atoms with Crippen molar-refractivity contribution in [1.82, 2.24) is 4.90 Å². The molecule has 1 saturated carbocycles. The molecule has 1 fully saturated rings. The van der Waals surface area contributed by atoms with Gasteiger partial charge in [-0.1, -0.05) is 12.8 Å². The Bertz CT molecular complexity index is 611. The molecular formula is C19H27NO6. The minimum absolute atomic E-state index is 0.0582. The van der Waals surface area contributed by atoms with Crippen LogP contribution in [0.1, 0.15) is 36.0 Å². The van der Waals surface area contributed by atoms with E-state index in [9.17, 15) is 14.7 Å². The van der Waals surface area contributed by atoms with E-state index in [0.717, 1.165) is 6.42 Å². The Labute approximate surface area is 153 Å². The fraction of sp³-hybridized carbons (Fsp3) is 0.579. The molecule has 7 heteroatoms. The number of hydrogen-bond acceptors (Lipinski definition) is 6. The standard InChI is InChI=1S/C19H27NO6/c1-26-15-7-5-14(6-8-15)17(23)19(25)9-3-2-4-16(19)18(24)20(10-12-21)11-13-22/h5-8,16,21-22,25H,2-4,9-13H2,1H3. The molecule has 0 radical (unpaired) electrons. The van der Waals surface area contributed by atoms with Crippen LogP contribution in [0.4, 0.5) is 0 Å². The maximum Gasteiger partial charge on any atom is 0.229 e. The summed E-state index contributed by atoms with van der Waals surface area (Å²) < 4.78 is 5.08. The minimum atomic E-state index is -1.78. The highest BCUT2D eigenvalue weighted by atomic mass is 16.5. The number of rotatable bonds is 8. The topological polar surface area (TPSA) is 107 Å². The predicted molar refractivity (Wildman–Crippen MR) is 95.0 cm³/mol. The van der Waals surface area contributed by atoms with Gasteiger partial charge in [0.05, 0.1) is 26.2 Å². The lowest BCUT2D eigenvalue weighted by Gasteiger charge is -2.40. The van der Waals surface area contributed by atoms with Crippen LogP contribution in [0.2, 0.25) is 0 Å². The zero-order valence-electron chi connectivity index (χ0n) is 15.1. The summed E-state index contributed by atoms with van der Waals surface area (Å²) in [4.78, 5) is 27.2. The third-order valence-electron chi connectivity index (χ3n) is 4.97. The lowest BCUT2D eigenvalue weighted by atomic mass is 9.70. The zero-order chi connectivity index (χ0) is 19.2. The first-order valence-electron chi connectivity index (χ1n) is 8.89. The van der Waals surface area contributed by atoms with Crippen LogP contribution in [0, 0.1) is 5.92 Å². The fourth-order valence-corrected chi connectivity index (χ4v) is 3.54. The van der Waals surface area contributed by atoms with Gasteiger partial charge in [-0.25, -0.2) is 0 Å². The second-order valence-electron chi connectivity index (χ2n) is 6.55. The molecule has 2 unspecified atom stereocenters. The Balaban J connectivity index is 2.29. The molecule has 2 rings (SSSR count). The van der Waals surface area contributed by atoms with Gasteiger partial charge in [0.25, 0.3) is 0 Å². The molecule has 2 atom stereocenters. The molecule has 1 aliphatic carbocycles. The first-order chi connectivity index (χ1) is 12.5. The smallest absolute Gasteiger partial charge is 0.229 e. The van der Waals surface area contributed by atoms with Gasteiger partial charge in [0.15, 0.2) is 5.78 Å². The highest BCUT2D eigenvalue weighted by Crippen LogP contribution is 2.38. The second kappa shape index (κ2) is 9.12. The van der Waals surface area contributed by atoms with Crippen LogP contribution in [0.25, 0.3) is 0 Å². The van der Waals surface area contributed by atoms with Crippen molar-refractivity contribution in [3.8, 4) is 5.75 Å². The maximum absolute atomic E-state index is 13.0. The predicted octanol–water partition coefficient (Wildman–Crippen LogP) is 0.612. The van der Waals surface area contributed by atoms with Gasteiger partial charge in [-0.05, 0) is 37.1 Å². The van der Waals surface area contributed by atoms with Crippen molar-refractivity contribution < 1.29 is 29.6 Å². The van der Waals surface area contributed by atoms with Crippen molar-refractivity contribution in [2.75, 3.05) is 33.4 Å². The summed E-state index contributed by atoms with van der Waals surface area (Å²) in [6.45, 7) is -0.377. The third kappa shape index (κ3) is 4.23. The third-order valence-corrected chi connectivity index (χ3v) is 4.97. The quantitative estimate of drug-likeness (QED) is 0.583. The summed E-state index contributed by atoms with van der Waals surface area (Å²) in [6.07, 6.45) is 1.99. The van der Waals surface area contributed by atoms with E-state index in [2.05, 4.69) is 0 Å². The lowest BCUT2D eigenvalue weighted by molar-refractivity contribution is -0.146. The van der Waals surface area contributed by atoms with Crippen LogP contribution in [-0.2, 0) is 4.79 Å². The SMILES string of the molecule is COc1ccc(C(=O)C2(O)CCCCC2C(=O)N(CCO)CCO)cc1. The Kier molecular flexibility index (Phi) is 7.14. The molecule has 26 heavy (non-hydrogen) atoms. The number of methoxy groups -OCH3 is 1. The van der Waals surface area contributed by atoms with E-state index in [1.54, 1.807) is 24.3 Å². The molecule has 1 aromatic rings. The number of Topliss-reactive ketones (excluding diaryl/α,β-unsaturated/α-hetero) is 1. The van der Waals surface area contributed by atoms with Crippen molar-refractivity contribution in [3.05, 3.63) is 29.8 Å². The molecule has 0 aliphatic heterocycles. The molecule has 0 spiro atoms. The molecular weight excluding hydrogens is 338 g/mol. The van der Waals surface area contributed by atoms with Gasteiger partial charge in [0.2, 0.25) is 5.91 Å². The van der Waals surface area contributed by atoms with Gasteiger partial charge in [-0.2, -0.15) is 0 Å². The Morgan fingerprint density at radius 1 is 1.15 bits per heavy atom. The minimum Gasteiger partial charge on any atom is -0.497 e. The van der Waals surface area contributed by atoms with Gasteiger partial charge in [0.1, 0.15) is 11.4 Å². The van der Waals surface area contributed by atoms with Gasteiger partial charge >= 0.3 is 0 Å². The first-order valence-corrected chi connectivity index (χ1v) is 8.89. The second-order valence-corrected chi connectivity index (χ2v) is 6.55. The summed E-state index contributed by atoms with van der Waals surface area (Å²) in [7, 11) is 1.52. The lowest BCUT2D eigenvalue weighted by Crippen LogP contribution is -2.55. The van der Waals surface area contributed by atoms with Crippen LogP contribution in [-0.4, -0.2) is 70.9 Å². The summed E-state index contributed by atoms with van der Waals surface area (Å²) in [5, 5.41) is 29.5. The molecule has 0 heterocycles. The van der Waals surface area contributed by atoms with Crippen molar-refractivity contribution >= 4 is 11.7 Å². The van der Waals surface area contributed by atoms with Crippen LogP contribution in [0.15, 0.2) is 24.3 Å². The summed E-state index contributed by atoms with van der Waals surface area (Å²) in [5.41, 5.74) is -1.46. The molecule has 0 bridgehead atoms. The average molecular weight is 365 g/mol. The fourth-order valence-electron chi connectivity index (χ4n) is 3.54. The van der Waals surface area contributed by atoms with E-state index in [1.807, 2.05) is 0 Å². The molecule has 3 N–H and O–H groups in total. The molecule has 1 aliphatic rings. The Hall–Kier alpha value is -1.96. The van der Waals surface area contributed by atoms with Gasteiger partial charge in [-0.3, -0.25) is 9.59 Å². The number of benzene rings is 1. The molecule has 1 amide bonds. The molecule has 7 nitrogen and oxygen atoms in total. The Morgan fingerprint density at radius 3 is 2.31 bits per heavy atom. The number of ether oxygens (including phenoxy) is 1. The largest absolute Gasteiger partial charge is 0.497 e. The molecule has 144 valence electrons. The van der Waals surface area contributed by atoms with Crippen LogP contribution < -0.4 is 4.74 Å². The van der Waals surface area contributed by atoms with E-state index < -0.39 is 23.2 Å². The highest BCUT2D eigenvalue weighted by molar-refractivity contribution is 6.05. The van der Waals surface area contributed by atoms with Crippen LogP contribution in [0.5, 0.6) is 5.75 Å². The Morgan fingerprint density at radius 2 is 1.77 bits per heavy atom. The first kappa shape index (κ1) is 20.4.